The van der Waals surface area contributed by atoms with Gasteiger partial charge >= 0.3 is 0 Å². The highest BCUT2D eigenvalue weighted by molar-refractivity contribution is 6.53. The molecule has 0 saturated heterocycles. The highest BCUT2D eigenvalue weighted by atomic mass is 35.5. The second kappa shape index (κ2) is 4.32. The Bertz CT molecular complexity index is 502. The van der Waals surface area contributed by atoms with Crippen molar-refractivity contribution in [3.63, 3.8) is 0 Å². The first kappa shape index (κ1) is 13.5. The van der Waals surface area contributed by atoms with Gasteiger partial charge in [0, 0.05) is 0 Å². The van der Waals surface area contributed by atoms with Gasteiger partial charge in [-0.3, -0.25) is 4.79 Å². The molecule has 1 aromatic rings. The normalized spacial score (nSPS) is 24.5. The molecule has 2 rings (SSSR count). The third-order valence-electron chi connectivity index (χ3n) is 3.36. The maximum absolute atomic E-state index is 12.2. The summed E-state index contributed by atoms with van der Waals surface area (Å²) < 4.78 is 4.24. The third-order valence-corrected chi connectivity index (χ3v) is 4.46. The molecule has 0 heterocycles. The molecule has 0 spiro atoms. The molecular weight excluding hydrogens is 273 g/mol. The largest absolute Gasteiger partial charge is 0.495 e. The number of carbonyl (C=O) groups excluding carboxylic acids is 1. The Morgan fingerprint density at radius 1 is 1.44 bits per heavy atom. The Balaban J connectivity index is 2.20. The van der Waals surface area contributed by atoms with E-state index in [0.29, 0.717) is 17.9 Å². The number of amides is 1. The van der Waals surface area contributed by atoms with Crippen molar-refractivity contribution in [3.8, 4) is 5.75 Å². The number of nitrogens with one attached hydrogen (secondary N) is 1. The fraction of sp³-hybridized carbons (Fsp3) is 0.462. The Kier molecular flexibility index (Phi) is 3.24. The van der Waals surface area contributed by atoms with Crippen molar-refractivity contribution in [2.24, 2.45) is 5.41 Å². The minimum atomic E-state index is -0.964. The lowest BCUT2D eigenvalue weighted by Gasteiger charge is -2.15. The van der Waals surface area contributed by atoms with Crippen molar-refractivity contribution >= 4 is 34.8 Å². The molecule has 0 bridgehead atoms. The second-order valence-electron chi connectivity index (χ2n) is 4.87. The molecule has 1 atom stereocenters. The number of methoxy groups -OCH3 is 1. The van der Waals surface area contributed by atoms with Crippen molar-refractivity contribution in [1.82, 2.24) is 0 Å². The molecule has 1 aliphatic carbocycles. The molecule has 1 aromatic carbocycles. The number of hydrogen-bond donors (Lipinski definition) is 1. The standard InChI is InChI=1S/C13H15Cl2NO2/c1-8-4-5-10(18-3)9(6-8)16-11(17)12(2)7-13(12,14)15/h4-6H,7H2,1-3H3,(H,16,17)/t12-/m1/s1. The molecular formula is C13H15Cl2NO2. The average Bonchev–Trinajstić information content (AvgIpc) is 2.80. The van der Waals surface area contributed by atoms with E-state index in [-0.39, 0.29) is 5.91 Å². The van der Waals surface area contributed by atoms with Crippen LogP contribution in [-0.4, -0.2) is 17.4 Å². The Labute approximate surface area is 116 Å². The van der Waals surface area contributed by atoms with E-state index >= 15 is 0 Å². The topological polar surface area (TPSA) is 38.3 Å². The Morgan fingerprint density at radius 3 is 2.56 bits per heavy atom. The van der Waals surface area contributed by atoms with Crippen LogP contribution in [0.15, 0.2) is 18.2 Å². The highest BCUT2D eigenvalue weighted by Gasteiger charge is 2.67. The number of benzene rings is 1. The minimum absolute atomic E-state index is 0.184. The van der Waals surface area contributed by atoms with E-state index in [1.54, 1.807) is 14.0 Å². The number of rotatable bonds is 3. The van der Waals surface area contributed by atoms with Gasteiger partial charge in [0.15, 0.2) is 0 Å². The second-order valence-corrected chi connectivity index (χ2v) is 6.36. The Morgan fingerprint density at radius 2 is 2.06 bits per heavy atom. The monoisotopic (exact) mass is 287 g/mol. The zero-order valence-electron chi connectivity index (χ0n) is 10.5. The van der Waals surface area contributed by atoms with Gasteiger partial charge in [-0.25, -0.2) is 0 Å². The van der Waals surface area contributed by atoms with Gasteiger partial charge in [-0.2, -0.15) is 0 Å². The van der Waals surface area contributed by atoms with E-state index in [1.165, 1.54) is 0 Å². The SMILES string of the molecule is COc1ccc(C)cc1NC(=O)[C@@]1(C)CC1(Cl)Cl. The highest BCUT2D eigenvalue weighted by Crippen LogP contribution is 2.64. The summed E-state index contributed by atoms with van der Waals surface area (Å²) in [6.45, 7) is 3.70. The van der Waals surface area contributed by atoms with Crippen LogP contribution < -0.4 is 10.1 Å². The van der Waals surface area contributed by atoms with Crippen LogP contribution in [0.3, 0.4) is 0 Å². The first-order chi connectivity index (χ1) is 8.30. The van der Waals surface area contributed by atoms with Crippen LogP contribution in [0.5, 0.6) is 5.75 Å². The fourth-order valence-electron chi connectivity index (χ4n) is 1.83. The lowest BCUT2D eigenvalue weighted by Crippen LogP contribution is -2.26. The number of halogens is 2. The summed E-state index contributed by atoms with van der Waals surface area (Å²) in [6, 6.07) is 5.59. The summed E-state index contributed by atoms with van der Waals surface area (Å²) in [5, 5.41) is 2.83. The Hall–Kier alpha value is -0.930. The lowest BCUT2D eigenvalue weighted by atomic mass is 10.1. The van der Waals surface area contributed by atoms with Gasteiger partial charge in [-0.15, -0.1) is 23.2 Å². The van der Waals surface area contributed by atoms with Gasteiger partial charge < -0.3 is 10.1 Å². The molecule has 1 aliphatic rings. The number of carbonyl (C=O) groups is 1. The molecule has 0 aromatic heterocycles. The quantitative estimate of drug-likeness (QED) is 0.864. The summed E-state index contributed by atoms with van der Waals surface area (Å²) in [4.78, 5) is 12.2. The van der Waals surface area contributed by atoms with Gasteiger partial charge in [0.05, 0.1) is 18.2 Å². The predicted molar refractivity (Wildman–Crippen MR) is 73.5 cm³/mol. The average molecular weight is 288 g/mol. The van der Waals surface area contributed by atoms with Crippen molar-refractivity contribution in [1.29, 1.82) is 0 Å². The number of aryl methyl sites for hydroxylation is 1. The molecule has 5 heteroatoms. The fourth-order valence-corrected chi connectivity index (χ4v) is 2.53. The molecule has 0 aliphatic heterocycles. The number of ether oxygens (including phenoxy) is 1. The van der Waals surface area contributed by atoms with Gasteiger partial charge in [0.2, 0.25) is 5.91 Å². The maximum atomic E-state index is 12.2. The summed E-state index contributed by atoms with van der Waals surface area (Å²) >= 11 is 12.0. The molecule has 0 radical (unpaired) electrons. The van der Waals surface area contributed by atoms with Crippen LogP contribution >= 0.6 is 23.2 Å². The molecule has 18 heavy (non-hydrogen) atoms. The van der Waals surface area contributed by atoms with Crippen LogP contribution in [0.2, 0.25) is 0 Å². The summed E-state index contributed by atoms with van der Waals surface area (Å²) in [5.74, 6) is 0.435. The van der Waals surface area contributed by atoms with E-state index < -0.39 is 9.75 Å². The van der Waals surface area contributed by atoms with Crippen LogP contribution in [-0.2, 0) is 4.79 Å². The van der Waals surface area contributed by atoms with Crippen molar-refractivity contribution in [2.45, 2.75) is 24.6 Å². The summed E-state index contributed by atoms with van der Waals surface area (Å²) in [6.07, 6.45) is 0.461. The number of hydrogen-bond acceptors (Lipinski definition) is 2. The third kappa shape index (κ3) is 2.17. The molecule has 98 valence electrons. The van der Waals surface area contributed by atoms with E-state index in [0.717, 1.165) is 5.56 Å². The first-order valence-corrected chi connectivity index (χ1v) is 6.40. The minimum Gasteiger partial charge on any atom is -0.495 e. The van der Waals surface area contributed by atoms with E-state index in [9.17, 15) is 4.79 Å². The number of anilines is 1. The van der Waals surface area contributed by atoms with Gasteiger partial charge in [-0.1, -0.05) is 6.07 Å². The zero-order chi connectivity index (χ0) is 13.6. The van der Waals surface area contributed by atoms with Crippen LogP contribution in [0.25, 0.3) is 0 Å². The van der Waals surface area contributed by atoms with Crippen LogP contribution in [0.4, 0.5) is 5.69 Å². The predicted octanol–water partition coefficient (Wildman–Crippen LogP) is 3.53. The lowest BCUT2D eigenvalue weighted by molar-refractivity contribution is -0.120. The first-order valence-electron chi connectivity index (χ1n) is 5.64. The molecule has 1 amide bonds. The van der Waals surface area contributed by atoms with Crippen molar-refractivity contribution in [3.05, 3.63) is 23.8 Å². The molecule has 1 fully saturated rings. The van der Waals surface area contributed by atoms with Crippen LogP contribution in [0, 0.1) is 12.3 Å². The van der Waals surface area contributed by atoms with E-state index in [1.807, 2.05) is 25.1 Å². The van der Waals surface area contributed by atoms with Crippen LogP contribution in [0.1, 0.15) is 18.9 Å². The van der Waals surface area contributed by atoms with E-state index in [4.69, 9.17) is 27.9 Å². The molecule has 1 saturated carbocycles. The van der Waals surface area contributed by atoms with Gasteiger partial charge in [0.25, 0.3) is 0 Å². The van der Waals surface area contributed by atoms with Crippen molar-refractivity contribution in [2.75, 3.05) is 12.4 Å². The van der Waals surface area contributed by atoms with E-state index in [2.05, 4.69) is 5.32 Å². The summed E-state index contributed by atoms with van der Waals surface area (Å²) in [5.41, 5.74) is 0.944. The molecule has 0 unspecified atom stereocenters. The molecule has 1 N–H and O–H groups in total. The van der Waals surface area contributed by atoms with Crippen molar-refractivity contribution < 1.29 is 9.53 Å². The molecule has 3 nitrogen and oxygen atoms in total. The van der Waals surface area contributed by atoms with Gasteiger partial charge in [0.1, 0.15) is 10.1 Å². The summed E-state index contributed by atoms with van der Waals surface area (Å²) in [7, 11) is 1.56. The maximum Gasteiger partial charge on any atom is 0.233 e. The number of alkyl halides is 2. The smallest absolute Gasteiger partial charge is 0.233 e. The van der Waals surface area contributed by atoms with Gasteiger partial charge in [-0.05, 0) is 38.0 Å². The zero-order valence-corrected chi connectivity index (χ0v) is 12.0.